The van der Waals surface area contributed by atoms with E-state index in [2.05, 4.69) is 4.90 Å². The van der Waals surface area contributed by atoms with Gasteiger partial charge in [-0.3, -0.25) is 9.10 Å². The number of piperazine rings is 1. The van der Waals surface area contributed by atoms with Crippen molar-refractivity contribution in [1.82, 2.24) is 4.90 Å². The van der Waals surface area contributed by atoms with Gasteiger partial charge in [0.1, 0.15) is 23.8 Å². The lowest BCUT2D eigenvalue weighted by atomic mass is 10.2. The number of hydrogen-bond donors (Lipinski definition) is 0. The molecule has 0 saturated carbocycles. The highest BCUT2D eigenvalue weighted by molar-refractivity contribution is 7.92. The van der Waals surface area contributed by atoms with Crippen molar-refractivity contribution >= 4 is 27.3 Å². The fourth-order valence-electron chi connectivity index (χ4n) is 3.68. The number of carbonyl (C=O) groups excluding carboxylic acids is 1. The van der Waals surface area contributed by atoms with Crippen LogP contribution in [0.15, 0.2) is 42.5 Å². The molecule has 2 aromatic rings. The second-order valence-electron chi connectivity index (χ2n) is 7.35. The van der Waals surface area contributed by atoms with E-state index in [-0.39, 0.29) is 18.1 Å². The molecule has 1 aliphatic rings. The summed E-state index contributed by atoms with van der Waals surface area (Å²) in [5.74, 6) is 1.34. The van der Waals surface area contributed by atoms with Crippen LogP contribution in [-0.4, -0.2) is 79.5 Å². The van der Waals surface area contributed by atoms with Gasteiger partial charge in [-0.15, -0.1) is 0 Å². The quantitative estimate of drug-likeness (QED) is 0.590. The molecule has 10 heteroatoms. The highest BCUT2D eigenvalue weighted by Crippen LogP contribution is 2.34. The van der Waals surface area contributed by atoms with Crippen molar-refractivity contribution in [3.05, 3.63) is 42.5 Å². The molecule has 0 atom stereocenters. The molecule has 1 amide bonds. The molecular formula is C22H29N3O6S. The number of amides is 1. The van der Waals surface area contributed by atoms with Gasteiger partial charge >= 0.3 is 0 Å². The summed E-state index contributed by atoms with van der Waals surface area (Å²) in [7, 11) is 0.855. The Bertz CT molecular complexity index is 1050. The Morgan fingerprint density at radius 1 is 0.938 bits per heavy atom. The minimum atomic E-state index is -3.73. The molecule has 9 nitrogen and oxygen atoms in total. The number of rotatable bonds is 8. The molecule has 1 saturated heterocycles. The van der Waals surface area contributed by atoms with Gasteiger partial charge in [-0.2, -0.15) is 0 Å². The highest BCUT2D eigenvalue weighted by atomic mass is 32.2. The Balaban J connectivity index is 1.73. The van der Waals surface area contributed by atoms with E-state index in [0.29, 0.717) is 37.7 Å². The average molecular weight is 464 g/mol. The average Bonchev–Trinajstić information content (AvgIpc) is 2.81. The third-order valence-electron chi connectivity index (χ3n) is 5.39. The van der Waals surface area contributed by atoms with Crippen LogP contribution in [0.3, 0.4) is 0 Å². The maximum absolute atomic E-state index is 13.0. The smallest absolute Gasteiger partial charge is 0.243 e. The number of para-hydroxylation sites is 2. The molecule has 0 unspecified atom stereocenters. The summed E-state index contributed by atoms with van der Waals surface area (Å²) < 4.78 is 42.1. The minimum absolute atomic E-state index is 0.270. The number of benzene rings is 2. The van der Waals surface area contributed by atoms with Crippen molar-refractivity contribution in [3.8, 4) is 17.2 Å². The largest absolute Gasteiger partial charge is 0.497 e. The zero-order valence-corrected chi connectivity index (χ0v) is 19.6. The van der Waals surface area contributed by atoms with Crippen LogP contribution < -0.4 is 23.4 Å². The van der Waals surface area contributed by atoms with Crippen molar-refractivity contribution in [1.29, 1.82) is 0 Å². The molecule has 2 aromatic carbocycles. The number of carbonyl (C=O) groups is 1. The van der Waals surface area contributed by atoms with Gasteiger partial charge in [0.2, 0.25) is 15.9 Å². The Morgan fingerprint density at radius 3 is 2.19 bits per heavy atom. The zero-order valence-electron chi connectivity index (χ0n) is 18.8. The Morgan fingerprint density at radius 2 is 1.59 bits per heavy atom. The number of sulfonamides is 1. The third-order valence-corrected chi connectivity index (χ3v) is 6.52. The monoisotopic (exact) mass is 463 g/mol. The molecule has 0 radical (unpaired) electrons. The summed E-state index contributed by atoms with van der Waals surface area (Å²) in [4.78, 5) is 16.9. The molecule has 0 spiro atoms. The van der Waals surface area contributed by atoms with E-state index < -0.39 is 10.0 Å². The molecular weight excluding hydrogens is 434 g/mol. The van der Waals surface area contributed by atoms with Gasteiger partial charge in [0.05, 0.1) is 39.0 Å². The molecule has 0 aliphatic carbocycles. The van der Waals surface area contributed by atoms with Crippen molar-refractivity contribution in [2.45, 2.75) is 0 Å². The predicted molar refractivity (Wildman–Crippen MR) is 124 cm³/mol. The fraction of sp³-hybridized carbons (Fsp3) is 0.409. The van der Waals surface area contributed by atoms with Crippen LogP contribution >= 0.6 is 0 Å². The second kappa shape index (κ2) is 9.99. The maximum Gasteiger partial charge on any atom is 0.243 e. The van der Waals surface area contributed by atoms with Crippen LogP contribution in [0, 0.1) is 0 Å². The van der Waals surface area contributed by atoms with E-state index in [9.17, 15) is 13.2 Å². The van der Waals surface area contributed by atoms with Gasteiger partial charge < -0.3 is 24.0 Å². The Hall–Kier alpha value is -3.14. The first-order valence-corrected chi connectivity index (χ1v) is 12.0. The highest BCUT2D eigenvalue weighted by Gasteiger charge is 2.29. The number of anilines is 2. The SMILES string of the molecule is COc1ccc(N(CC(=O)N2CCN(c3ccccc3OC)CC2)S(C)(=O)=O)c(OC)c1. The van der Waals surface area contributed by atoms with Gasteiger partial charge in [-0.05, 0) is 24.3 Å². The van der Waals surface area contributed by atoms with E-state index in [1.54, 1.807) is 30.2 Å². The molecule has 3 rings (SSSR count). The molecule has 0 aromatic heterocycles. The van der Waals surface area contributed by atoms with Crippen LogP contribution in [0.5, 0.6) is 17.2 Å². The fourth-order valence-corrected chi connectivity index (χ4v) is 4.54. The van der Waals surface area contributed by atoms with Gasteiger partial charge in [0.25, 0.3) is 0 Å². The molecule has 1 aliphatic heterocycles. The normalized spacial score (nSPS) is 14.1. The van der Waals surface area contributed by atoms with Crippen molar-refractivity contribution in [2.24, 2.45) is 0 Å². The van der Waals surface area contributed by atoms with E-state index in [1.807, 2.05) is 24.3 Å². The van der Waals surface area contributed by atoms with Gasteiger partial charge in [-0.1, -0.05) is 12.1 Å². The van der Waals surface area contributed by atoms with E-state index in [0.717, 1.165) is 22.0 Å². The molecule has 32 heavy (non-hydrogen) atoms. The summed E-state index contributed by atoms with van der Waals surface area (Å²) >= 11 is 0. The van der Waals surface area contributed by atoms with Crippen LogP contribution in [0.1, 0.15) is 0 Å². The maximum atomic E-state index is 13.0. The van der Waals surface area contributed by atoms with Crippen molar-refractivity contribution in [3.63, 3.8) is 0 Å². The second-order valence-corrected chi connectivity index (χ2v) is 9.25. The summed E-state index contributed by atoms with van der Waals surface area (Å²) in [6.07, 6.45) is 1.07. The summed E-state index contributed by atoms with van der Waals surface area (Å²) in [6.45, 7) is 1.90. The summed E-state index contributed by atoms with van der Waals surface area (Å²) in [6, 6.07) is 12.5. The molecule has 1 heterocycles. The molecule has 0 bridgehead atoms. The van der Waals surface area contributed by atoms with Crippen LogP contribution in [0.4, 0.5) is 11.4 Å². The van der Waals surface area contributed by atoms with Gasteiger partial charge in [-0.25, -0.2) is 8.42 Å². The number of nitrogens with zero attached hydrogens (tertiary/aromatic N) is 3. The lowest BCUT2D eigenvalue weighted by molar-refractivity contribution is -0.129. The van der Waals surface area contributed by atoms with E-state index in [4.69, 9.17) is 14.2 Å². The van der Waals surface area contributed by atoms with Crippen LogP contribution in [-0.2, 0) is 14.8 Å². The third kappa shape index (κ3) is 5.18. The zero-order chi connectivity index (χ0) is 23.3. The Labute approximate surface area is 189 Å². The number of methoxy groups -OCH3 is 3. The topological polar surface area (TPSA) is 88.6 Å². The molecule has 1 fully saturated rings. The van der Waals surface area contributed by atoms with Crippen molar-refractivity contribution in [2.75, 3.05) is 69.5 Å². The lowest BCUT2D eigenvalue weighted by Crippen LogP contribution is -2.52. The van der Waals surface area contributed by atoms with Crippen LogP contribution in [0.2, 0.25) is 0 Å². The standard InChI is InChI=1S/C22H29N3O6S/c1-29-17-9-10-19(21(15-17)31-3)25(32(4,27)28)16-22(26)24-13-11-23(12-14-24)18-7-5-6-8-20(18)30-2/h5-10,15H,11-14,16H2,1-4H3. The van der Waals surface area contributed by atoms with Gasteiger partial charge in [0, 0.05) is 32.2 Å². The first-order valence-electron chi connectivity index (χ1n) is 10.1. The first kappa shape index (κ1) is 23.5. The summed E-state index contributed by atoms with van der Waals surface area (Å²) in [5, 5.41) is 0. The first-order chi connectivity index (χ1) is 15.3. The molecule has 174 valence electrons. The molecule has 0 N–H and O–H groups in total. The minimum Gasteiger partial charge on any atom is -0.497 e. The Kier molecular flexibility index (Phi) is 7.34. The van der Waals surface area contributed by atoms with E-state index >= 15 is 0 Å². The lowest BCUT2D eigenvalue weighted by Gasteiger charge is -2.37. The van der Waals surface area contributed by atoms with Crippen LogP contribution in [0.25, 0.3) is 0 Å². The number of ether oxygens (including phenoxy) is 3. The summed E-state index contributed by atoms with van der Waals surface area (Å²) in [5.41, 5.74) is 1.26. The predicted octanol–water partition coefficient (Wildman–Crippen LogP) is 1.83. The van der Waals surface area contributed by atoms with E-state index in [1.165, 1.54) is 14.2 Å². The van der Waals surface area contributed by atoms with Crippen molar-refractivity contribution < 1.29 is 27.4 Å². The van der Waals surface area contributed by atoms with Gasteiger partial charge in [0.15, 0.2) is 0 Å². The number of hydrogen-bond acceptors (Lipinski definition) is 7.